The number of esters is 4. The van der Waals surface area contributed by atoms with E-state index in [1.807, 2.05) is 0 Å². The van der Waals surface area contributed by atoms with Crippen molar-refractivity contribution in [2.75, 3.05) is 28.4 Å². The Hall–Kier alpha value is -2.90. The van der Waals surface area contributed by atoms with Crippen LogP contribution in [0.4, 0.5) is 0 Å². The van der Waals surface area contributed by atoms with Gasteiger partial charge in [0.05, 0.1) is 50.7 Å². The van der Waals surface area contributed by atoms with E-state index in [9.17, 15) is 19.2 Å². The molecule has 0 aliphatic rings. The third-order valence-corrected chi connectivity index (χ3v) is 2.78. The van der Waals surface area contributed by atoms with Gasteiger partial charge in [-0.3, -0.25) is 0 Å². The number of carbonyl (C=O) groups excluding carboxylic acids is 4. The first kappa shape index (κ1) is 17.2. The molecule has 8 nitrogen and oxygen atoms in total. The zero-order chi connectivity index (χ0) is 16.9. The minimum Gasteiger partial charge on any atom is -0.465 e. The zero-order valence-corrected chi connectivity index (χ0v) is 12.4. The molecule has 0 fully saturated rings. The molecule has 0 saturated carbocycles. The molecule has 0 aliphatic heterocycles. The van der Waals surface area contributed by atoms with Gasteiger partial charge in [-0.25, -0.2) is 19.2 Å². The summed E-state index contributed by atoms with van der Waals surface area (Å²) >= 11 is 0. The molecule has 0 aliphatic carbocycles. The Kier molecular flexibility index (Phi) is 5.62. The van der Waals surface area contributed by atoms with Crippen molar-refractivity contribution in [1.82, 2.24) is 0 Å². The number of rotatable bonds is 4. The molecule has 0 atom stereocenters. The lowest BCUT2D eigenvalue weighted by atomic mass is 9.98. The Bertz CT molecular complexity index is 526. The Labute approximate surface area is 125 Å². The van der Waals surface area contributed by atoms with Crippen molar-refractivity contribution in [3.05, 3.63) is 34.4 Å². The molecule has 0 aromatic heterocycles. The van der Waals surface area contributed by atoms with E-state index in [4.69, 9.17) is 0 Å². The topological polar surface area (TPSA) is 105 Å². The first-order chi connectivity index (χ1) is 10.4. The summed E-state index contributed by atoms with van der Waals surface area (Å²) in [5.41, 5.74) is -0.936. The van der Waals surface area contributed by atoms with Gasteiger partial charge in [0.1, 0.15) is 0 Å². The Morgan fingerprint density at radius 1 is 0.545 bits per heavy atom. The van der Waals surface area contributed by atoms with Crippen molar-refractivity contribution in [3.63, 3.8) is 0 Å². The molecule has 1 rings (SSSR count). The average Bonchev–Trinajstić information content (AvgIpc) is 2.57. The van der Waals surface area contributed by atoms with Crippen LogP contribution in [0, 0.1) is 0 Å². The van der Waals surface area contributed by atoms with Gasteiger partial charge in [0.25, 0.3) is 0 Å². The SMILES string of the molecule is COC(=O)c1cc(C(=O)OC)c(C(=O)OC)cc1C(=O)OC. The molecule has 0 amide bonds. The molecule has 1 aromatic rings. The fraction of sp³-hybridized carbons (Fsp3) is 0.286. The largest absolute Gasteiger partial charge is 0.465 e. The molecule has 0 N–H and O–H groups in total. The highest BCUT2D eigenvalue weighted by Gasteiger charge is 2.27. The summed E-state index contributed by atoms with van der Waals surface area (Å²) in [5.74, 6) is -3.49. The predicted molar refractivity (Wildman–Crippen MR) is 71.8 cm³/mol. The zero-order valence-electron chi connectivity index (χ0n) is 12.4. The lowest BCUT2D eigenvalue weighted by Crippen LogP contribution is -2.18. The molecule has 0 spiro atoms. The number of benzene rings is 1. The maximum atomic E-state index is 11.8. The van der Waals surface area contributed by atoms with E-state index in [-0.39, 0.29) is 22.3 Å². The van der Waals surface area contributed by atoms with Crippen LogP contribution in [0.3, 0.4) is 0 Å². The van der Waals surface area contributed by atoms with Crippen molar-refractivity contribution < 1.29 is 38.1 Å². The fourth-order valence-electron chi connectivity index (χ4n) is 1.72. The van der Waals surface area contributed by atoms with Gasteiger partial charge in [-0.1, -0.05) is 0 Å². The van der Waals surface area contributed by atoms with Crippen LogP contribution in [0.2, 0.25) is 0 Å². The van der Waals surface area contributed by atoms with E-state index in [2.05, 4.69) is 18.9 Å². The van der Waals surface area contributed by atoms with Crippen LogP contribution in [-0.2, 0) is 18.9 Å². The van der Waals surface area contributed by atoms with E-state index < -0.39 is 23.9 Å². The van der Waals surface area contributed by atoms with E-state index in [0.717, 1.165) is 40.6 Å². The van der Waals surface area contributed by atoms with Crippen molar-refractivity contribution in [3.8, 4) is 0 Å². The summed E-state index contributed by atoms with van der Waals surface area (Å²) in [6.07, 6.45) is 0. The summed E-state index contributed by atoms with van der Waals surface area (Å²) in [6.45, 7) is 0. The normalized spacial score (nSPS) is 9.64. The molecule has 0 unspecified atom stereocenters. The summed E-state index contributed by atoms with van der Waals surface area (Å²) in [5, 5.41) is 0. The predicted octanol–water partition coefficient (Wildman–Crippen LogP) is 0.833. The van der Waals surface area contributed by atoms with Gasteiger partial charge in [-0.05, 0) is 12.1 Å². The van der Waals surface area contributed by atoms with E-state index in [1.54, 1.807) is 0 Å². The van der Waals surface area contributed by atoms with E-state index in [0.29, 0.717) is 0 Å². The van der Waals surface area contributed by atoms with Crippen molar-refractivity contribution in [2.24, 2.45) is 0 Å². The van der Waals surface area contributed by atoms with Gasteiger partial charge >= 0.3 is 23.9 Å². The van der Waals surface area contributed by atoms with Gasteiger partial charge in [-0.15, -0.1) is 0 Å². The lowest BCUT2D eigenvalue weighted by Gasteiger charge is -2.12. The maximum Gasteiger partial charge on any atom is 0.338 e. The Balaban J connectivity index is 3.70. The third kappa shape index (κ3) is 3.22. The van der Waals surface area contributed by atoms with Crippen molar-refractivity contribution in [2.45, 2.75) is 0 Å². The summed E-state index contributed by atoms with van der Waals surface area (Å²) in [6, 6.07) is 2.05. The smallest absolute Gasteiger partial charge is 0.338 e. The number of carbonyl (C=O) groups is 4. The van der Waals surface area contributed by atoms with Gasteiger partial charge in [0.2, 0.25) is 0 Å². The molecule has 1 aromatic carbocycles. The first-order valence-electron chi connectivity index (χ1n) is 5.92. The number of ether oxygens (including phenoxy) is 4. The highest BCUT2D eigenvalue weighted by molar-refractivity contribution is 6.10. The molecule has 8 heteroatoms. The monoisotopic (exact) mass is 310 g/mol. The maximum absolute atomic E-state index is 11.8. The lowest BCUT2D eigenvalue weighted by molar-refractivity contribution is 0.0540. The number of hydrogen-bond acceptors (Lipinski definition) is 8. The second-order valence-corrected chi connectivity index (χ2v) is 3.91. The molecular formula is C14H14O8. The van der Waals surface area contributed by atoms with Gasteiger partial charge in [-0.2, -0.15) is 0 Å². The van der Waals surface area contributed by atoms with E-state index >= 15 is 0 Å². The van der Waals surface area contributed by atoms with Gasteiger partial charge in [0, 0.05) is 0 Å². The minimum atomic E-state index is -0.873. The summed E-state index contributed by atoms with van der Waals surface area (Å²) in [7, 11) is 4.43. The minimum absolute atomic E-state index is 0.234. The quantitative estimate of drug-likeness (QED) is 0.595. The molecule has 0 heterocycles. The Morgan fingerprint density at radius 2 is 0.727 bits per heavy atom. The van der Waals surface area contributed by atoms with E-state index in [1.165, 1.54) is 0 Å². The van der Waals surface area contributed by atoms with Crippen LogP contribution in [0.1, 0.15) is 41.4 Å². The fourth-order valence-corrected chi connectivity index (χ4v) is 1.72. The van der Waals surface area contributed by atoms with Crippen LogP contribution in [0.25, 0.3) is 0 Å². The summed E-state index contributed by atoms with van der Waals surface area (Å²) in [4.78, 5) is 47.1. The van der Waals surface area contributed by atoms with Gasteiger partial charge < -0.3 is 18.9 Å². The Morgan fingerprint density at radius 3 is 0.864 bits per heavy atom. The highest BCUT2D eigenvalue weighted by atomic mass is 16.5. The van der Waals surface area contributed by atoms with Crippen LogP contribution in [0.15, 0.2) is 12.1 Å². The van der Waals surface area contributed by atoms with Gasteiger partial charge in [0.15, 0.2) is 0 Å². The number of hydrogen-bond donors (Lipinski definition) is 0. The molecule has 0 radical (unpaired) electrons. The molecule has 0 saturated heterocycles. The third-order valence-electron chi connectivity index (χ3n) is 2.78. The second-order valence-electron chi connectivity index (χ2n) is 3.91. The molecular weight excluding hydrogens is 296 g/mol. The van der Waals surface area contributed by atoms with Crippen molar-refractivity contribution in [1.29, 1.82) is 0 Å². The first-order valence-corrected chi connectivity index (χ1v) is 5.92. The van der Waals surface area contributed by atoms with Crippen LogP contribution in [0.5, 0.6) is 0 Å². The molecule has 0 bridgehead atoms. The summed E-state index contributed by atoms with van der Waals surface area (Å²) < 4.78 is 18.2. The molecule has 22 heavy (non-hydrogen) atoms. The number of methoxy groups -OCH3 is 4. The van der Waals surface area contributed by atoms with Crippen LogP contribution >= 0.6 is 0 Å². The highest BCUT2D eigenvalue weighted by Crippen LogP contribution is 2.21. The standard InChI is InChI=1S/C14H14O8/c1-19-11(15)7-5-9(13(17)21-3)10(14(18)22-4)6-8(7)12(16)20-2/h5-6H,1-4H3. The van der Waals surface area contributed by atoms with Crippen LogP contribution in [-0.4, -0.2) is 52.3 Å². The average molecular weight is 310 g/mol. The van der Waals surface area contributed by atoms with Crippen LogP contribution < -0.4 is 0 Å². The second kappa shape index (κ2) is 7.21. The molecule has 118 valence electrons. The van der Waals surface area contributed by atoms with Crippen molar-refractivity contribution >= 4 is 23.9 Å².